The van der Waals surface area contributed by atoms with Crippen LogP contribution in [-0.2, 0) is 4.79 Å². The number of rotatable bonds is 4. The van der Waals surface area contributed by atoms with Crippen LogP contribution in [0.3, 0.4) is 0 Å². The number of hydrogen-bond donors (Lipinski definition) is 1. The quantitative estimate of drug-likeness (QED) is 0.866. The Morgan fingerprint density at radius 3 is 2.58 bits per heavy atom. The molecule has 3 heterocycles. The Hall–Kier alpha value is -2.15. The molecule has 1 spiro atoms. The molecule has 0 atom stereocenters. The fourth-order valence-corrected chi connectivity index (χ4v) is 4.00. The van der Waals surface area contributed by atoms with Gasteiger partial charge in [-0.05, 0) is 36.8 Å². The average Bonchev–Trinajstić information content (AvgIpc) is 2.65. The Bertz CT molecular complexity index is 651. The number of carbonyl (C=O) groups is 2. The fourth-order valence-electron chi connectivity index (χ4n) is 4.00. The van der Waals surface area contributed by atoms with Crippen LogP contribution < -0.4 is 4.90 Å². The molecule has 3 rings (SSSR count). The number of aromatic nitrogens is 1. The lowest BCUT2D eigenvalue weighted by atomic mass is 9.72. The van der Waals surface area contributed by atoms with Gasteiger partial charge in [0, 0.05) is 52.9 Å². The van der Waals surface area contributed by atoms with Gasteiger partial charge in [0.05, 0.1) is 12.2 Å². The monoisotopic (exact) mass is 360 g/mol. The molecular formula is C19H28N4O3. The number of carbonyl (C=O) groups excluding carboxylic acids is 2. The molecule has 1 N–H and O–H groups in total. The number of aliphatic hydroxyl groups is 1. The van der Waals surface area contributed by atoms with Gasteiger partial charge in [-0.15, -0.1) is 0 Å². The van der Waals surface area contributed by atoms with Crippen LogP contribution >= 0.6 is 0 Å². The molecule has 0 aliphatic carbocycles. The summed E-state index contributed by atoms with van der Waals surface area (Å²) in [6.07, 6.45) is 5.19. The van der Waals surface area contributed by atoms with Crippen molar-refractivity contribution in [2.75, 3.05) is 51.8 Å². The number of β-amino-alcohol motifs (C(OH)–C–C–N with tert-alkyl or cyclic N) is 1. The summed E-state index contributed by atoms with van der Waals surface area (Å²) in [5, 5.41) is 9.17. The van der Waals surface area contributed by atoms with E-state index in [9.17, 15) is 14.7 Å². The standard InChI is InChI=1S/C19H28N4O3/c1-21(2)18(26)15-3-4-16(20-13-15)22-9-7-19(8-10-22)6-5-17(25)23(14-19)11-12-24/h3-4,13,24H,5-12,14H2,1-2H3. The fraction of sp³-hybridized carbons (Fsp3) is 0.632. The van der Waals surface area contributed by atoms with Gasteiger partial charge >= 0.3 is 0 Å². The zero-order chi connectivity index (χ0) is 18.7. The molecule has 2 saturated heterocycles. The summed E-state index contributed by atoms with van der Waals surface area (Å²) >= 11 is 0. The summed E-state index contributed by atoms with van der Waals surface area (Å²) in [6.45, 7) is 3.01. The molecule has 0 saturated carbocycles. The molecule has 2 aliphatic rings. The summed E-state index contributed by atoms with van der Waals surface area (Å²) in [7, 11) is 3.46. The van der Waals surface area contributed by atoms with Gasteiger partial charge in [-0.1, -0.05) is 0 Å². The smallest absolute Gasteiger partial charge is 0.254 e. The lowest BCUT2D eigenvalue weighted by molar-refractivity contribution is -0.138. The van der Waals surface area contributed by atoms with E-state index in [0.717, 1.165) is 44.7 Å². The molecule has 26 heavy (non-hydrogen) atoms. The largest absolute Gasteiger partial charge is 0.395 e. The van der Waals surface area contributed by atoms with Crippen LogP contribution in [0.2, 0.25) is 0 Å². The van der Waals surface area contributed by atoms with Gasteiger partial charge < -0.3 is 19.8 Å². The van der Waals surface area contributed by atoms with Crippen LogP contribution in [0.4, 0.5) is 5.82 Å². The molecule has 2 amide bonds. The summed E-state index contributed by atoms with van der Waals surface area (Å²) in [4.78, 5) is 34.1. The van der Waals surface area contributed by atoms with Crippen molar-refractivity contribution >= 4 is 17.6 Å². The summed E-state index contributed by atoms with van der Waals surface area (Å²) in [6, 6.07) is 3.74. The van der Waals surface area contributed by atoms with Crippen molar-refractivity contribution in [1.29, 1.82) is 0 Å². The highest BCUT2D eigenvalue weighted by molar-refractivity contribution is 5.93. The average molecular weight is 360 g/mol. The molecule has 0 unspecified atom stereocenters. The Balaban J connectivity index is 1.61. The van der Waals surface area contributed by atoms with Gasteiger partial charge in [-0.3, -0.25) is 9.59 Å². The van der Waals surface area contributed by atoms with E-state index in [-0.39, 0.29) is 23.8 Å². The predicted octanol–water partition coefficient (Wildman–Crippen LogP) is 0.985. The summed E-state index contributed by atoms with van der Waals surface area (Å²) in [5.41, 5.74) is 0.762. The Morgan fingerprint density at radius 2 is 2.00 bits per heavy atom. The third kappa shape index (κ3) is 3.82. The second-order valence-electron chi connectivity index (χ2n) is 7.63. The van der Waals surface area contributed by atoms with Gasteiger partial charge in [0.15, 0.2) is 0 Å². The van der Waals surface area contributed by atoms with E-state index in [1.165, 1.54) is 0 Å². The number of piperidine rings is 2. The number of likely N-dealkylation sites (tertiary alicyclic amines) is 1. The van der Waals surface area contributed by atoms with E-state index >= 15 is 0 Å². The highest BCUT2D eigenvalue weighted by Crippen LogP contribution is 2.40. The molecule has 7 heteroatoms. The van der Waals surface area contributed by atoms with Crippen LogP contribution in [-0.4, -0.2) is 78.6 Å². The van der Waals surface area contributed by atoms with Crippen LogP contribution in [0.15, 0.2) is 18.3 Å². The second-order valence-corrected chi connectivity index (χ2v) is 7.63. The maximum atomic E-state index is 12.0. The molecular weight excluding hydrogens is 332 g/mol. The Kier molecular flexibility index (Phi) is 5.46. The van der Waals surface area contributed by atoms with Crippen molar-refractivity contribution < 1.29 is 14.7 Å². The van der Waals surface area contributed by atoms with Crippen LogP contribution in [0.5, 0.6) is 0 Å². The van der Waals surface area contributed by atoms with E-state index in [4.69, 9.17) is 0 Å². The molecule has 0 bridgehead atoms. The van der Waals surface area contributed by atoms with Gasteiger partial charge in [0.1, 0.15) is 5.82 Å². The minimum absolute atomic E-state index is 0.0237. The highest BCUT2D eigenvalue weighted by atomic mass is 16.3. The SMILES string of the molecule is CN(C)C(=O)c1ccc(N2CCC3(CCC(=O)N(CCO)C3)CC2)nc1. The Labute approximate surface area is 154 Å². The van der Waals surface area contributed by atoms with Gasteiger partial charge in [-0.25, -0.2) is 4.98 Å². The van der Waals surface area contributed by atoms with E-state index in [0.29, 0.717) is 18.5 Å². The zero-order valence-electron chi connectivity index (χ0n) is 15.6. The number of aliphatic hydroxyl groups excluding tert-OH is 1. The summed E-state index contributed by atoms with van der Waals surface area (Å²) in [5.74, 6) is 1.02. The number of amides is 2. The van der Waals surface area contributed by atoms with Crippen molar-refractivity contribution in [1.82, 2.24) is 14.8 Å². The molecule has 1 aromatic rings. The van der Waals surface area contributed by atoms with Crippen LogP contribution in [0.1, 0.15) is 36.0 Å². The molecule has 0 radical (unpaired) electrons. The minimum atomic E-state index is -0.0440. The number of hydrogen-bond acceptors (Lipinski definition) is 5. The Morgan fingerprint density at radius 1 is 1.27 bits per heavy atom. The van der Waals surface area contributed by atoms with Crippen LogP contribution in [0, 0.1) is 5.41 Å². The van der Waals surface area contributed by atoms with Crippen LogP contribution in [0.25, 0.3) is 0 Å². The van der Waals surface area contributed by atoms with E-state index in [2.05, 4.69) is 9.88 Å². The predicted molar refractivity (Wildman–Crippen MR) is 99.0 cm³/mol. The van der Waals surface area contributed by atoms with E-state index in [1.54, 1.807) is 25.2 Å². The van der Waals surface area contributed by atoms with Crippen molar-refractivity contribution in [3.05, 3.63) is 23.9 Å². The maximum absolute atomic E-state index is 12.0. The maximum Gasteiger partial charge on any atom is 0.254 e. The normalized spacial score (nSPS) is 19.7. The topological polar surface area (TPSA) is 77.0 Å². The zero-order valence-corrected chi connectivity index (χ0v) is 15.6. The van der Waals surface area contributed by atoms with Gasteiger partial charge in [0.2, 0.25) is 5.91 Å². The second kappa shape index (κ2) is 7.61. The van der Waals surface area contributed by atoms with E-state index in [1.807, 2.05) is 17.0 Å². The third-order valence-corrected chi connectivity index (χ3v) is 5.67. The third-order valence-electron chi connectivity index (χ3n) is 5.67. The molecule has 2 fully saturated rings. The first-order chi connectivity index (χ1) is 12.4. The molecule has 142 valence electrons. The number of anilines is 1. The molecule has 0 aromatic carbocycles. The first-order valence-electron chi connectivity index (χ1n) is 9.25. The molecule has 2 aliphatic heterocycles. The van der Waals surface area contributed by atoms with Crippen molar-refractivity contribution in [3.63, 3.8) is 0 Å². The molecule has 7 nitrogen and oxygen atoms in total. The lowest BCUT2D eigenvalue weighted by Crippen LogP contribution is -2.52. The number of nitrogens with zero attached hydrogens (tertiary/aromatic N) is 4. The van der Waals surface area contributed by atoms with Crippen molar-refractivity contribution in [2.24, 2.45) is 5.41 Å². The van der Waals surface area contributed by atoms with Crippen molar-refractivity contribution in [3.8, 4) is 0 Å². The first kappa shape index (κ1) is 18.6. The lowest BCUT2D eigenvalue weighted by Gasteiger charge is -2.47. The van der Waals surface area contributed by atoms with Crippen molar-refractivity contribution in [2.45, 2.75) is 25.7 Å². The van der Waals surface area contributed by atoms with Gasteiger partial charge in [0.25, 0.3) is 5.91 Å². The minimum Gasteiger partial charge on any atom is -0.395 e. The van der Waals surface area contributed by atoms with Gasteiger partial charge in [-0.2, -0.15) is 0 Å². The van der Waals surface area contributed by atoms with E-state index < -0.39 is 0 Å². The molecule has 1 aromatic heterocycles. The number of pyridine rings is 1. The first-order valence-corrected chi connectivity index (χ1v) is 9.25. The summed E-state index contributed by atoms with van der Waals surface area (Å²) < 4.78 is 0. The highest BCUT2D eigenvalue weighted by Gasteiger charge is 2.40.